The first kappa shape index (κ1) is 13.1. The quantitative estimate of drug-likeness (QED) is 0.462. The predicted molar refractivity (Wildman–Crippen MR) is 73.9 cm³/mol. The summed E-state index contributed by atoms with van der Waals surface area (Å²) in [5.74, 6) is 0.218. The zero-order chi connectivity index (χ0) is 13.0. The summed E-state index contributed by atoms with van der Waals surface area (Å²) in [7, 11) is 0. The Morgan fingerprint density at radius 3 is 3.06 bits per heavy atom. The summed E-state index contributed by atoms with van der Waals surface area (Å²) in [6.07, 6.45) is 7.53. The second kappa shape index (κ2) is 6.00. The maximum atomic E-state index is 11.9. The lowest BCUT2D eigenvalue weighted by atomic mass is 9.95. The molecule has 0 fully saturated rings. The lowest BCUT2D eigenvalue weighted by molar-refractivity contribution is -0.140. The molecule has 1 atom stereocenters. The van der Waals surface area contributed by atoms with Crippen molar-refractivity contribution in [3.05, 3.63) is 23.4 Å². The Morgan fingerprint density at radius 2 is 2.39 bits per heavy atom. The molecule has 1 aliphatic heterocycles. The Hall–Kier alpha value is -1.36. The van der Waals surface area contributed by atoms with Gasteiger partial charge in [0.25, 0.3) is 0 Å². The van der Waals surface area contributed by atoms with Gasteiger partial charge >= 0.3 is 5.97 Å². The van der Waals surface area contributed by atoms with Crippen LogP contribution < -0.4 is 10.6 Å². The van der Waals surface area contributed by atoms with Gasteiger partial charge in [0.05, 0.1) is 18.7 Å². The fraction of sp³-hybridized carbons (Fsp3) is 0.538. The third-order valence-electron chi connectivity index (χ3n) is 3.25. The molecule has 18 heavy (non-hydrogen) atoms. The van der Waals surface area contributed by atoms with E-state index in [0.29, 0.717) is 29.8 Å². The molecule has 0 saturated carbocycles. The molecule has 0 amide bonds. The zero-order valence-electron chi connectivity index (χ0n) is 10.5. The molecule has 1 unspecified atom stereocenters. The minimum absolute atomic E-state index is 0.246. The maximum Gasteiger partial charge on any atom is 0.337 e. The van der Waals surface area contributed by atoms with E-state index in [0.717, 1.165) is 25.0 Å². The molecule has 4 nitrogen and oxygen atoms in total. The molecule has 0 aromatic heterocycles. The van der Waals surface area contributed by atoms with Gasteiger partial charge in [-0.25, -0.2) is 4.79 Å². The molecule has 98 valence electrons. The minimum Gasteiger partial charge on any atom is -0.462 e. The van der Waals surface area contributed by atoms with Crippen LogP contribution in [-0.4, -0.2) is 24.2 Å². The van der Waals surface area contributed by atoms with Gasteiger partial charge in [-0.3, -0.25) is 0 Å². The number of carbonyl (C=O) groups is 1. The van der Waals surface area contributed by atoms with Crippen molar-refractivity contribution in [2.75, 3.05) is 13.2 Å². The Balaban J connectivity index is 1.86. The van der Waals surface area contributed by atoms with Crippen LogP contribution in [0, 0.1) is 5.92 Å². The Bertz CT molecular complexity index is 415. The molecular formula is C13H18N2O2S. The third-order valence-corrected chi connectivity index (χ3v) is 3.50. The van der Waals surface area contributed by atoms with Gasteiger partial charge in [-0.1, -0.05) is 12.2 Å². The van der Waals surface area contributed by atoms with Crippen molar-refractivity contribution in [2.24, 2.45) is 5.92 Å². The van der Waals surface area contributed by atoms with E-state index in [9.17, 15) is 4.79 Å². The van der Waals surface area contributed by atoms with E-state index in [1.54, 1.807) is 0 Å². The van der Waals surface area contributed by atoms with E-state index in [1.807, 2.05) is 6.92 Å². The first-order chi connectivity index (χ1) is 8.66. The fourth-order valence-corrected chi connectivity index (χ4v) is 2.33. The zero-order valence-corrected chi connectivity index (χ0v) is 11.3. The Labute approximate surface area is 112 Å². The van der Waals surface area contributed by atoms with Crippen molar-refractivity contribution in [1.82, 2.24) is 10.6 Å². The van der Waals surface area contributed by atoms with Crippen molar-refractivity contribution in [3.8, 4) is 0 Å². The number of rotatable bonds is 3. The second-order valence-corrected chi connectivity index (χ2v) is 5.07. The standard InChI is InChI=1S/C13H18N2O2S/c1-9-11(7-14-13(18)15-9)12(16)17-8-10-5-3-2-4-6-10/h2-3,10H,4-8H2,1H3,(H2,14,15,18). The van der Waals surface area contributed by atoms with Crippen LogP contribution in [0.2, 0.25) is 0 Å². The van der Waals surface area contributed by atoms with E-state index < -0.39 is 0 Å². The summed E-state index contributed by atoms with van der Waals surface area (Å²) in [6.45, 7) is 2.79. The lowest BCUT2D eigenvalue weighted by Crippen LogP contribution is -2.43. The van der Waals surface area contributed by atoms with Crippen LogP contribution in [0.25, 0.3) is 0 Å². The number of nitrogens with one attached hydrogen (secondary N) is 2. The topological polar surface area (TPSA) is 50.4 Å². The summed E-state index contributed by atoms with van der Waals surface area (Å²) in [5.41, 5.74) is 1.42. The SMILES string of the molecule is CC1=C(C(=O)OCC2CC=CCC2)CNC(=S)N1. The molecule has 5 heteroatoms. The summed E-state index contributed by atoms with van der Waals surface area (Å²) >= 11 is 4.97. The first-order valence-corrected chi connectivity index (χ1v) is 6.64. The van der Waals surface area contributed by atoms with Crippen LogP contribution >= 0.6 is 12.2 Å². The van der Waals surface area contributed by atoms with Gasteiger partial charge in [0.2, 0.25) is 0 Å². The van der Waals surface area contributed by atoms with E-state index >= 15 is 0 Å². The van der Waals surface area contributed by atoms with Crippen LogP contribution in [0.4, 0.5) is 0 Å². The number of allylic oxidation sites excluding steroid dienone is 3. The van der Waals surface area contributed by atoms with Crippen LogP contribution in [0.1, 0.15) is 26.2 Å². The van der Waals surface area contributed by atoms with Gasteiger partial charge in [-0.2, -0.15) is 0 Å². The normalized spacial score (nSPS) is 23.4. The maximum absolute atomic E-state index is 11.9. The van der Waals surface area contributed by atoms with Crippen molar-refractivity contribution < 1.29 is 9.53 Å². The van der Waals surface area contributed by atoms with Crippen LogP contribution in [-0.2, 0) is 9.53 Å². The Morgan fingerprint density at radius 1 is 1.56 bits per heavy atom. The van der Waals surface area contributed by atoms with Gasteiger partial charge in [0, 0.05) is 5.70 Å². The second-order valence-electron chi connectivity index (χ2n) is 4.66. The summed E-state index contributed by atoms with van der Waals surface area (Å²) in [4.78, 5) is 11.9. The average molecular weight is 266 g/mol. The molecule has 1 aliphatic carbocycles. The number of hydrogen-bond acceptors (Lipinski definition) is 3. The van der Waals surface area contributed by atoms with Gasteiger partial charge < -0.3 is 15.4 Å². The highest BCUT2D eigenvalue weighted by Crippen LogP contribution is 2.19. The monoisotopic (exact) mass is 266 g/mol. The highest BCUT2D eigenvalue weighted by atomic mass is 32.1. The minimum atomic E-state index is -0.246. The largest absolute Gasteiger partial charge is 0.462 e. The van der Waals surface area contributed by atoms with Gasteiger partial charge in [-0.15, -0.1) is 0 Å². The van der Waals surface area contributed by atoms with Crippen molar-refractivity contribution in [3.63, 3.8) is 0 Å². The third kappa shape index (κ3) is 3.32. The number of hydrogen-bond donors (Lipinski definition) is 2. The van der Waals surface area contributed by atoms with Gasteiger partial charge in [0.15, 0.2) is 5.11 Å². The van der Waals surface area contributed by atoms with Crippen molar-refractivity contribution >= 4 is 23.3 Å². The molecule has 0 aromatic carbocycles. The predicted octanol–water partition coefficient (Wildman–Crippen LogP) is 1.64. The molecule has 0 spiro atoms. The summed E-state index contributed by atoms with van der Waals surface area (Å²) in [5, 5.41) is 6.42. The number of thiocarbonyl (C=S) groups is 1. The number of ether oxygens (including phenoxy) is 1. The van der Waals surface area contributed by atoms with E-state index in [2.05, 4.69) is 22.8 Å². The van der Waals surface area contributed by atoms with Crippen LogP contribution in [0.5, 0.6) is 0 Å². The molecule has 2 aliphatic rings. The number of esters is 1. The average Bonchev–Trinajstić information content (AvgIpc) is 2.37. The molecule has 0 bridgehead atoms. The lowest BCUT2D eigenvalue weighted by Gasteiger charge is -2.22. The van der Waals surface area contributed by atoms with Crippen molar-refractivity contribution in [1.29, 1.82) is 0 Å². The molecule has 2 rings (SSSR count). The molecule has 0 radical (unpaired) electrons. The van der Waals surface area contributed by atoms with Crippen LogP contribution in [0.3, 0.4) is 0 Å². The highest BCUT2D eigenvalue weighted by Gasteiger charge is 2.21. The highest BCUT2D eigenvalue weighted by molar-refractivity contribution is 7.80. The fourth-order valence-electron chi connectivity index (χ4n) is 2.10. The van der Waals surface area contributed by atoms with Crippen molar-refractivity contribution in [2.45, 2.75) is 26.2 Å². The van der Waals surface area contributed by atoms with Crippen LogP contribution in [0.15, 0.2) is 23.4 Å². The van der Waals surface area contributed by atoms with Gasteiger partial charge in [0.1, 0.15) is 0 Å². The molecule has 1 heterocycles. The first-order valence-electron chi connectivity index (χ1n) is 6.23. The van der Waals surface area contributed by atoms with E-state index in [4.69, 9.17) is 17.0 Å². The summed E-state index contributed by atoms with van der Waals surface area (Å²) < 4.78 is 5.37. The summed E-state index contributed by atoms with van der Waals surface area (Å²) in [6, 6.07) is 0. The molecule has 0 aromatic rings. The molecule has 2 N–H and O–H groups in total. The molecule has 0 saturated heterocycles. The molecular weight excluding hydrogens is 248 g/mol. The Kier molecular flexibility index (Phi) is 4.36. The number of carbonyl (C=O) groups excluding carboxylic acids is 1. The van der Waals surface area contributed by atoms with E-state index in [-0.39, 0.29) is 5.97 Å². The smallest absolute Gasteiger partial charge is 0.337 e. The van der Waals surface area contributed by atoms with E-state index in [1.165, 1.54) is 0 Å². The van der Waals surface area contributed by atoms with Gasteiger partial charge in [-0.05, 0) is 44.3 Å².